The number of hydrogen-bond donors (Lipinski definition) is 0. The molecular formula is C10H19NO. The summed E-state index contributed by atoms with van der Waals surface area (Å²) in [6.07, 6.45) is 0. The van der Waals surface area contributed by atoms with Gasteiger partial charge in [-0.1, -0.05) is 27.7 Å². The molecule has 1 aliphatic rings. The molecule has 0 fully saturated rings. The Morgan fingerprint density at radius 2 is 1.92 bits per heavy atom. The van der Waals surface area contributed by atoms with E-state index in [2.05, 4.69) is 32.7 Å². The summed E-state index contributed by atoms with van der Waals surface area (Å²) >= 11 is 0. The lowest BCUT2D eigenvalue weighted by molar-refractivity contribution is 0.180. The van der Waals surface area contributed by atoms with E-state index in [9.17, 15) is 0 Å². The van der Waals surface area contributed by atoms with Crippen molar-refractivity contribution in [3.63, 3.8) is 0 Å². The predicted octanol–water partition coefficient (Wildman–Crippen LogP) is 2.49. The fourth-order valence-corrected chi connectivity index (χ4v) is 1.32. The van der Waals surface area contributed by atoms with E-state index in [1.54, 1.807) is 0 Å². The molecule has 1 aliphatic heterocycles. The second kappa shape index (κ2) is 2.75. The van der Waals surface area contributed by atoms with Crippen molar-refractivity contribution in [1.82, 2.24) is 0 Å². The summed E-state index contributed by atoms with van der Waals surface area (Å²) in [5.41, 5.74) is 0.320. The topological polar surface area (TPSA) is 21.6 Å². The maximum absolute atomic E-state index is 5.50. The van der Waals surface area contributed by atoms with Crippen LogP contribution in [0.2, 0.25) is 0 Å². The van der Waals surface area contributed by atoms with Gasteiger partial charge < -0.3 is 4.74 Å². The molecule has 0 atom stereocenters. The van der Waals surface area contributed by atoms with E-state index >= 15 is 0 Å². The first-order valence-electron chi connectivity index (χ1n) is 4.59. The van der Waals surface area contributed by atoms with Gasteiger partial charge in [0.1, 0.15) is 0 Å². The number of ether oxygens (including phenoxy) is 1. The van der Waals surface area contributed by atoms with Crippen LogP contribution in [0.25, 0.3) is 0 Å². The van der Waals surface area contributed by atoms with E-state index in [4.69, 9.17) is 4.74 Å². The van der Waals surface area contributed by atoms with E-state index in [1.807, 2.05) is 6.92 Å². The summed E-state index contributed by atoms with van der Waals surface area (Å²) in [4.78, 5) is 4.43. The smallest absolute Gasteiger partial charge is 0.189 e. The Bertz CT molecular complexity index is 204. The molecule has 0 aromatic carbocycles. The standard InChI is InChI=1S/C10H19NO/c1-6-12-8-10(4,5)9(2,3)7-11-8/h6-7H2,1-5H3. The van der Waals surface area contributed by atoms with Gasteiger partial charge in [-0.15, -0.1) is 0 Å². The van der Waals surface area contributed by atoms with E-state index in [-0.39, 0.29) is 10.8 Å². The molecule has 0 aromatic heterocycles. The molecule has 70 valence electrons. The molecule has 0 bridgehead atoms. The normalized spacial score (nSPS) is 25.2. The van der Waals surface area contributed by atoms with Crippen molar-refractivity contribution >= 4 is 5.90 Å². The van der Waals surface area contributed by atoms with Crippen molar-refractivity contribution in [2.75, 3.05) is 13.2 Å². The summed E-state index contributed by atoms with van der Waals surface area (Å²) in [7, 11) is 0. The van der Waals surface area contributed by atoms with E-state index < -0.39 is 0 Å². The summed E-state index contributed by atoms with van der Waals surface area (Å²) in [6.45, 7) is 12.5. The van der Waals surface area contributed by atoms with E-state index in [0.717, 1.165) is 19.0 Å². The molecule has 0 spiro atoms. The molecule has 1 rings (SSSR count). The van der Waals surface area contributed by atoms with Gasteiger partial charge in [0, 0.05) is 12.0 Å². The van der Waals surface area contributed by atoms with Crippen LogP contribution >= 0.6 is 0 Å². The fraction of sp³-hybridized carbons (Fsp3) is 0.900. The summed E-state index contributed by atoms with van der Waals surface area (Å²) in [5, 5.41) is 0. The molecule has 0 saturated carbocycles. The Balaban J connectivity index is 2.81. The molecule has 0 saturated heterocycles. The molecule has 0 radical (unpaired) electrons. The highest BCUT2D eigenvalue weighted by atomic mass is 16.5. The van der Waals surface area contributed by atoms with Gasteiger partial charge in [-0.2, -0.15) is 0 Å². The Morgan fingerprint density at radius 3 is 2.25 bits per heavy atom. The average molecular weight is 169 g/mol. The fourth-order valence-electron chi connectivity index (χ4n) is 1.32. The highest BCUT2D eigenvalue weighted by Gasteiger charge is 2.46. The van der Waals surface area contributed by atoms with Crippen LogP contribution in [-0.2, 0) is 4.74 Å². The molecule has 2 nitrogen and oxygen atoms in total. The first-order chi connectivity index (χ1) is 5.42. The van der Waals surface area contributed by atoms with Gasteiger partial charge >= 0.3 is 0 Å². The molecule has 1 heterocycles. The third-order valence-corrected chi connectivity index (χ3v) is 3.13. The summed E-state index contributed by atoms with van der Waals surface area (Å²) in [5.74, 6) is 0.926. The highest BCUT2D eigenvalue weighted by molar-refractivity contribution is 5.84. The zero-order chi connectivity index (χ0) is 9.41. The minimum atomic E-state index is 0.0863. The first kappa shape index (κ1) is 9.56. The quantitative estimate of drug-likeness (QED) is 0.591. The van der Waals surface area contributed by atoms with Crippen molar-refractivity contribution < 1.29 is 4.74 Å². The molecule has 0 N–H and O–H groups in total. The number of nitrogens with zero attached hydrogens (tertiary/aromatic N) is 1. The Hall–Kier alpha value is -0.530. The molecule has 0 aliphatic carbocycles. The third-order valence-electron chi connectivity index (χ3n) is 3.13. The van der Waals surface area contributed by atoms with Crippen LogP contribution in [0.5, 0.6) is 0 Å². The maximum atomic E-state index is 5.50. The van der Waals surface area contributed by atoms with Gasteiger partial charge in [0.25, 0.3) is 0 Å². The Labute approximate surface area is 75.0 Å². The van der Waals surface area contributed by atoms with Crippen molar-refractivity contribution in [2.24, 2.45) is 15.8 Å². The minimum Gasteiger partial charge on any atom is -0.481 e. The predicted molar refractivity (Wildman–Crippen MR) is 51.5 cm³/mol. The van der Waals surface area contributed by atoms with Crippen molar-refractivity contribution in [3.8, 4) is 0 Å². The lowest BCUT2D eigenvalue weighted by Crippen LogP contribution is -2.36. The van der Waals surface area contributed by atoms with Crippen LogP contribution in [0.4, 0.5) is 0 Å². The van der Waals surface area contributed by atoms with Gasteiger partial charge in [-0.05, 0) is 12.3 Å². The second-order valence-electron chi connectivity index (χ2n) is 4.56. The second-order valence-corrected chi connectivity index (χ2v) is 4.56. The zero-order valence-corrected chi connectivity index (χ0v) is 8.77. The third kappa shape index (κ3) is 1.23. The maximum Gasteiger partial charge on any atom is 0.189 e. The molecule has 12 heavy (non-hydrogen) atoms. The zero-order valence-electron chi connectivity index (χ0n) is 8.77. The van der Waals surface area contributed by atoms with Crippen LogP contribution in [0.15, 0.2) is 4.99 Å². The first-order valence-corrected chi connectivity index (χ1v) is 4.59. The van der Waals surface area contributed by atoms with Crippen molar-refractivity contribution in [1.29, 1.82) is 0 Å². The van der Waals surface area contributed by atoms with E-state index in [1.165, 1.54) is 0 Å². The van der Waals surface area contributed by atoms with Crippen LogP contribution in [-0.4, -0.2) is 19.0 Å². The summed E-state index contributed by atoms with van der Waals surface area (Å²) in [6, 6.07) is 0. The van der Waals surface area contributed by atoms with Crippen molar-refractivity contribution in [3.05, 3.63) is 0 Å². The number of hydrogen-bond acceptors (Lipinski definition) is 2. The molecule has 2 heteroatoms. The van der Waals surface area contributed by atoms with Gasteiger partial charge in [-0.3, -0.25) is 4.99 Å². The average Bonchev–Trinajstić information content (AvgIpc) is 2.13. The van der Waals surface area contributed by atoms with Crippen LogP contribution in [0, 0.1) is 10.8 Å². The SMILES string of the molecule is CCOC1=NCC(C)(C)C1(C)C. The number of aliphatic imine (C=N–C) groups is 1. The highest BCUT2D eigenvalue weighted by Crippen LogP contribution is 2.44. The lowest BCUT2D eigenvalue weighted by Gasteiger charge is -2.34. The van der Waals surface area contributed by atoms with Gasteiger partial charge in [-0.25, -0.2) is 0 Å². The lowest BCUT2D eigenvalue weighted by atomic mass is 9.70. The Kier molecular flexibility index (Phi) is 2.19. The van der Waals surface area contributed by atoms with Gasteiger partial charge in [0.2, 0.25) is 0 Å². The monoisotopic (exact) mass is 169 g/mol. The molecular weight excluding hydrogens is 150 g/mol. The molecule has 0 unspecified atom stereocenters. The van der Waals surface area contributed by atoms with E-state index in [0.29, 0.717) is 0 Å². The molecule has 0 amide bonds. The van der Waals surface area contributed by atoms with Crippen LogP contribution in [0.3, 0.4) is 0 Å². The molecule has 0 aromatic rings. The largest absolute Gasteiger partial charge is 0.481 e. The van der Waals surface area contributed by atoms with Gasteiger partial charge in [0.05, 0.1) is 6.61 Å². The van der Waals surface area contributed by atoms with Crippen LogP contribution in [0.1, 0.15) is 34.6 Å². The minimum absolute atomic E-state index is 0.0863. The van der Waals surface area contributed by atoms with Crippen LogP contribution < -0.4 is 0 Å². The van der Waals surface area contributed by atoms with Crippen molar-refractivity contribution in [2.45, 2.75) is 34.6 Å². The van der Waals surface area contributed by atoms with Gasteiger partial charge in [0.15, 0.2) is 5.90 Å². The number of rotatable bonds is 1. The Morgan fingerprint density at radius 1 is 1.33 bits per heavy atom. The summed E-state index contributed by atoms with van der Waals surface area (Å²) < 4.78 is 5.50.